The number of para-hydroxylation sites is 3. The van der Waals surface area contributed by atoms with Crippen molar-refractivity contribution in [3.05, 3.63) is 163 Å². The summed E-state index contributed by atoms with van der Waals surface area (Å²) in [6.07, 6.45) is 0. The fourth-order valence-electron chi connectivity index (χ4n) is 6.90. The minimum Gasteiger partial charge on any atom is -0.311 e. The molecule has 2 aliphatic rings. The van der Waals surface area contributed by atoms with Crippen molar-refractivity contribution >= 4 is 88.7 Å². The Morgan fingerprint density at radius 3 is 2.09 bits per heavy atom. The molecular formula is C42H27BN2S. The Morgan fingerprint density at radius 2 is 1.26 bits per heavy atom. The highest BCUT2D eigenvalue weighted by molar-refractivity contribution is 7.34. The fourth-order valence-corrected chi connectivity index (χ4v) is 8.22. The van der Waals surface area contributed by atoms with Crippen LogP contribution >= 0.6 is 11.3 Å². The van der Waals surface area contributed by atoms with E-state index in [1.165, 1.54) is 11.3 Å². The number of thiophene rings is 1. The van der Waals surface area contributed by atoms with Crippen molar-refractivity contribution in [2.75, 3.05) is 9.80 Å². The molecule has 10 rings (SSSR count). The maximum Gasteiger partial charge on any atom is 0.264 e. The maximum atomic E-state index is 9.54. The summed E-state index contributed by atoms with van der Waals surface area (Å²) >= 11 is 1.37. The van der Waals surface area contributed by atoms with Crippen LogP contribution in [0.15, 0.2) is 163 Å². The quantitative estimate of drug-likeness (QED) is 0.182. The molecule has 2 aliphatic heterocycles. The Labute approximate surface area is 292 Å². The summed E-state index contributed by atoms with van der Waals surface area (Å²) in [4.78, 5) is 3.28. The Kier molecular flexibility index (Phi) is 3.38. The lowest BCUT2D eigenvalue weighted by Crippen LogP contribution is -2.60. The molecule has 0 aliphatic carbocycles. The smallest absolute Gasteiger partial charge is 0.264 e. The van der Waals surface area contributed by atoms with Crippen LogP contribution in [0.25, 0.3) is 32.0 Å². The molecule has 3 heterocycles. The van der Waals surface area contributed by atoms with E-state index in [2.05, 4.69) is 0 Å². The topological polar surface area (TPSA) is 6.48 Å². The van der Waals surface area contributed by atoms with Crippen LogP contribution in [0.5, 0.6) is 0 Å². The molecule has 214 valence electrons. The van der Waals surface area contributed by atoms with Gasteiger partial charge in [-0.25, -0.2) is 0 Å². The number of hydrogen-bond acceptors (Lipinski definition) is 3. The van der Waals surface area contributed by atoms with Crippen LogP contribution in [0.4, 0.5) is 34.1 Å². The third kappa shape index (κ3) is 3.65. The predicted octanol–water partition coefficient (Wildman–Crippen LogP) is 9.80. The standard InChI is InChI=1S/C42H27BN2S/c1-4-14-28(15-5-1)30-26-36-40-37(27-30)45(32-19-8-3-9-20-32)41-39-33-21-11-10-16-29(33)24-25-38(39)46-42(41)43(40)34-22-12-13-23-35(34)44(36)31-17-6-2-7-18-31/h1-27H/i1D,3D,4D,5D,8D,9D,12D,13D,14D,15D,19D,20D,22D,23D. The molecular weight excluding hydrogens is 575 g/mol. The molecule has 0 saturated carbocycles. The Morgan fingerprint density at radius 1 is 0.565 bits per heavy atom. The molecule has 0 spiro atoms. The molecule has 0 amide bonds. The van der Waals surface area contributed by atoms with Gasteiger partial charge in [-0.15, -0.1) is 11.3 Å². The number of rotatable bonds is 3. The minimum absolute atomic E-state index is 0.134. The summed E-state index contributed by atoms with van der Waals surface area (Å²) in [5.41, 5.74) is 2.15. The third-order valence-electron chi connectivity index (χ3n) is 8.69. The highest BCUT2D eigenvalue weighted by Crippen LogP contribution is 2.50. The normalized spacial score (nSPS) is 17.3. The largest absolute Gasteiger partial charge is 0.311 e. The van der Waals surface area contributed by atoms with Crippen LogP contribution in [0.3, 0.4) is 0 Å². The Bertz CT molecular complexity index is 3190. The Hall–Kier alpha value is -5.58. The number of anilines is 6. The Balaban J connectivity index is 1.48. The van der Waals surface area contributed by atoms with E-state index >= 15 is 0 Å². The first-order chi connectivity index (χ1) is 28.6. The predicted molar refractivity (Wildman–Crippen MR) is 199 cm³/mol. The van der Waals surface area contributed by atoms with Gasteiger partial charge < -0.3 is 9.80 Å². The summed E-state index contributed by atoms with van der Waals surface area (Å²) in [7, 11) is 0. The lowest BCUT2D eigenvalue weighted by molar-refractivity contribution is 1.26. The van der Waals surface area contributed by atoms with Gasteiger partial charge in [0.15, 0.2) is 0 Å². The monoisotopic (exact) mass is 616 g/mol. The molecule has 2 nitrogen and oxygen atoms in total. The molecule has 0 saturated heterocycles. The fraction of sp³-hybridized carbons (Fsp3) is 0. The van der Waals surface area contributed by atoms with E-state index in [0.29, 0.717) is 32.7 Å². The average Bonchev–Trinajstić information content (AvgIpc) is 3.65. The van der Waals surface area contributed by atoms with Gasteiger partial charge in [-0.1, -0.05) is 115 Å². The van der Waals surface area contributed by atoms with Crippen LogP contribution in [-0.4, -0.2) is 6.71 Å². The zero-order chi connectivity index (χ0) is 42.4. The van der Waals surface area contributed by atoms with Crippen LogP contribution in [0.1, 0.15) is 19.2 Å². The average molecular weight is 617 g/mol. The van der Waals surface area contributed by atoms with Crippen molar-refractivity contribution < 1.29 is 19.2 Å². The van der Waals surface area contributed by atoms with Gasteiger partial charge in [0.25, 0.3) is 6.71 Å². The van der Waals surface area contributed by atoms with E-state index in [9.17, 15) is 5.48 Å². The van der Waals surface area contributed by atoms with Gasteiger partial charge in [0, 0.05) is 43.3 Å². The third-order valence-corrected chi connectivity index (χ3v) is 9.90. The van der Waals surface area contributed by atoms with E-state index in [0.717, 1.165) is 15.5 Å². The molecule has 1 aromatic heterocycles. The van der Waals surface area contributed by atoms with Crippen molar-refractivity contribution in [2.45, 2.75) is 0 Å². The van der Waals surface area contributed by atoms with Gasteiger partial charge in [0.2, 0.25) is 0 Å². The summed E-state index contributed by atoms with van der Waals surface area (Å²) in [5, 5.41) is 2.31. The van der Waals surface area contributed by atoms with E-state index < -0.39 is 79.2 Å². The van der Waals surface area contributed by atoms with Crippen molar-refractivity contribution in [1.29, 1.82) is 0 Å². The van der Waals surface area contributed by atoms with Crippen molar-refractivity contribution in [3.8, 4) is 11.1 Å². The van der Waals surface area contributed by atoms with Crippen LogP contribution in [0, 0.1) is 0 Å². The van der Waals surface area contributed by atoms with E-state index in [1.807, 2.05) is 36.4 Å². The first-order valence-electron chi connectivity index (χ1n) is 21.7. The molecule has 4 heteroatoms. The van der Waals surface area contributed by atoms with Crippen molar-refractivity contribution in [1.82, 2.24) is 0 Å². The molecule has 7 aromatic carbocycles. The molecule has 0 bridgehead atoms. The van der Waals surface area contributed by atoms with Gasteiger partial charge in [0.1, 0.15) is 0 Å². The van der Waals surface area contributed by atoms with Gasteiger partial charge in [0.05, 0.1) is 24.9 Å². The second-order valence-corrected chi connectivity index (χ2v) is 12.2. The SMILES string of the molecule is [2H]c1c([2H])c([2H])c(-c2cc3c4c(c2)N(c2c([2H])c([2H])c([2H])c([2H])c2[2H])c2c(sc5ccc6ccccc6c25)B4c2c([2H])c([2H])c([2H])c([2H])c2N3c2ccccc2)c([2H])c1[2H]. The molecule has 46 heavy (non-hydrogen) atoms. The summed E-state index contributed by atoms with van der Waals surface area (Å²) in [5.74, 6) is 0. The summed E-state index contributed by atoms with van der Waals surface area (Å²) < 4.78 is 127. The second-order valence-electron chi connectivity index (χ2n) is 11.1. The number of nitrogens with zero attached hydrogens (tertiary/aromatic N) is 2. The first kappa shape index (κ1) is 15.6. The highest BCUT2D eigenvalue weighted by Gasteiger charge is 2.45. The molecule has 0 N–H and O–H groups in total. The van der Waals surface area contributed by atoms with Crippen molar-refractivity contribution in [2.24, 2.45) is 0 Å². The lowest BCUT2D eigenvalue weighted by Gasteiger charge is -2.43. The van der Waals surface area contributed by atoms with Gasteiger partial charge in [-0.2, -0.15) is 0 Å². The van der Waals surface area contributed by atoms with Crippen LogP contribution in [-0.2, 0) is 0 Å². The zero-order valence-electron chi connectivity index (χ0n) is 37.9. The number of fused-ring (bicyclic) bond motifs is 8. The van der Waals surface area contributed by atoms with E-state index in [-0.39, 0.29) is 45.7 Å². The van der Waals surface area contributed by atoms with Crippen molar-refractivity contribution in [3.63, 3.8) is 0 Å². The minimum atomic E-state index is -0.910. The molecule has 0 fully saturated rings. The highest BCUT2D eigenvalue weighted by atomic mass is 32.1. The van der Waals surface area contributed by atoms with Gasteiger partial charge >= 0.3 is 0 Å². The molecule has 8 aromatic rings. The van der Waals surface area contributed by atoms with Gasteiger partial charge in [-0.05, 0) is 81.3 Å². The second kappa shape index (κ2) is 9.97. The van der Waals surface area contributed by atoms with Gasteiger partial charge in [-0.3, -0.25) is 0 Å². The van der Waals surface area contributed by atoms with E-state index in [4.69, 9.17) is 13.7 Å². The summed E-state index contributed by atoms with van der Waals surface area (Å²) in [6.45, 7) is -0.910. The molecule has 0 unspecified atom stereocenters. The zero-order valence-corrected chi connectivity index (χ0v) is 24.7. The lowest BCUT2D eigenvalue weighted by atomic mass is 9.36. The molecule has 0 radical (unpaired) electrons. The van der Waals surface area contributed by atoms with Crippen LogP contribution in [0.2, 0.25) is 0 Å². The van der Waals surface area contributed by atoms with E-state index in [1.54, 1.807) is 52.3 Å². The molecule has 0 atom stereocenters. The number of hydrogen-bond donors (Lipinski definition) is 0. The number of benzene rings is 7. The first-order valence-corrected chi connectivity index (χ1v) is 15.5. The summed E-state index contributed by atoms with van der Waals surface area (Å²) in [6, 6.07) is 16.6. The van der Waals surface area contributed by atoms with Crippen LogP contribution < -0.4 is 25.5 Å². The maximum absolute atomic E-state index is 9.54.